The Labute approximate surface area is 268 Å². The van der Waals surface area contributed by atoms with Crippen LogP contribution in [0.1, 0.15) is 46.8 Å². The molecule has 0 unspecified atom stereocenters. The number of hydrogen-bond donors (Lipinski definition) is 0. The van der Waals surface area contributed by atoms with Crippen molar-refractivity contribution in [1.29, 1.82) is 0 Å². The van der Waals surface area contributed by atoms with Gasteiger partial charge < -0.3 is 0 Å². The van der Waals surface area contributed by atoms with E-state index in [2.05, 4.69) is 0 Å². The second-order valence-electron chi connectivity index (χ2n) is 10.9. The number of carbonyl (C=O) groups is 1. The minimum Gasteiger partial charge on any atom is -0.267 e. The zero-order valence-corrected chi connectivity index (χ0v) is 25.6. The van der Waals surface area contributed by atoms with Gasteiger partial charge in [-0.3, -0.25) is 25.0 Å². The van der Waals surface area contributed by atoms with Gasteiger partial charge in [0.1, 0.15) is 0 Å². The van der Waals surface area contributed by atoms with E-state index in [0.29, 0.717) is 29.1 Å². The molecular formula is C33H25ClN4O7S. The minimum absolute atomic E-state index is 0.0266. The highest BCUT2D eigenvalue weighted by Gasteiger charge is 2.44. The van der Waals surface area contributed by atoms with Crippen LogP contribution in [-0.4, -0.2) is 34.9 Å². The Kier molecular flexibility index (Phi) is 8.24. The number of fused-ring (bicyclic) bond motifs is 1. The maximum atomic E-state index is 14.2. The van der Waals surface area contributed by atoms with Gasteiger partial charge in [-0.05, 0) is 96.6 Å². The Balaban J connectivity index is 1.40. The van der Waals surface area contributed by atoms with Crippen LogP contribution in [0.4, 0.5) is 11.4 Å². The maximum Gasteiger partial charge on any atom is 0.274 e. The summed E-state index contributed by atoms with van der Waals surface area (Å²) in [5, 5.41) is 29.0. The van der Waals surface area contributed by atoms with Crippen molar-refractivity contribution in [3.63, 3.8) is 0 Å². The topological polar surface area (TPSA) is 153 Å². The first-order valence-corrected chi connectivity index (χ1v) is 16.1. The number of halogens is 1. The van der Waals surface area contributed by atoms with Crippen LogP contribution >= 0.6 is 11.6 Å². The lowest BCUT2D eigenvalue weighted by molar-refractivity contribution is -0.385. The van der Waals surface area contributed by atoms with Crippen LogP contribution in [0.15, 0.2) is 118 Å². The van der Waals surface area contributed by atoms with Crippen LogP contribution in [0.5, 0.6) is 0 Å². The molecule has 0 radical (unpaired) electrons. The second-order valence-corrected chi connectivity index (χ2v) is 13.3. The van der Waals surface area contributed by atoms with Crippen LogP contribution in [-0.2, 0) is 9.84 Å². The van der Waals surface area contributed by atoms with Gasteiger partial charge in [-0.25, -0.2) is 13.4 Å². The molecule has 0 spiro atoms. The molecule has 4 aromatic rings. The van der Waals surface area contributed by atoms with Crippen molar-refractivity contribution in [3.05, 3.63) is 145 Å². The van der Waals surface area contributed by atoms with Crippen molar-refractivity contribution in [3.8, 4) is 0 Å². The molecule has 232 valence electrons. The molecule has 46 heavy (non-hydrogen) atoms. The summed E-state index contributed by atoms with van der Waals surface area (Å²) in [6, 6.07) is 23.0. The predicted octanol–water partition coefficient (Wildman–Crippen LogP) is 7.43. The third kappa shape index (κ3) is 5.92. The smallest absolute Gasteiger partial charge is 0.267 e. The van der Waals surface area contributed by atoms with Gasteiger partial charge in [-0.15, -0.1) is 0 Å². The molecule has 11 nitrogen and oxygen atoms in total. The number of carbonyl (C=O) groups excluding carboxylic acids is 1. The first-order chi connectivity index (χ1) is 22.0. The number of benzene rings is 4. The molecule has 0 aromatic heterocycles. The van der Waals surface area contributed by atoms with Crippen LogP contribution in [0, 0.1) is 26.1 Å². The van der Waals surface area contributed by atoms with Crippen molar-refractivity contribution >= 4 is 50.5 Å². The lowest BCUT2D eigenvalue weighted by Crippen LogP contribution is -2.32. The quantitative estimate of drug-likeness (QED) is 0.148. The highest BCUT2D eigenvalue weighted by molar-refractivity contribution is 7.91. The van der Waals surface area contributed by atoms with Gasteiger partial charge in [0.05, 0.1) is 31.4 Å². The van der Waals surface area contributed by atoms with Gasteiger partial charge in [0.2, 0.25) is 9.84 Å². The third-order valence-corrected chi connectivity index (χ3v) is 10.1. The first-order valence-electron chi connectivity index (χ1n) is 14.3. The molecule has 0 N–H and O–H groups in total. The summed E-state index contributed by atoms with van der Waals surface area (Å²) in [7, 11) is -3.97. The van der Waals surface area contributed by atoms with E-state index in [1.54, 1.807) is 24.3 Å². The number of sulfone groups is 1. The van der Waals surface area contributed by atoms with Gasteiger partial charge in [0, 0.05) is 40.8 Å². The van der Waals surface area contributed by atoms with Crippen LogP contribution in [0.25, 0.3) is 6.08 Å². The average Bonchev–Trinajstić information content (AvgIpc) is 3.45. The first kappa shape index (κ1) is 30.8. The summed E-state index contributed by atoms with van der Waals surface area (Å²) >= 11 is 5.94. The fourth-order valence-corrected chi connectivity index (χ4v) is 7.30. The number of hydrogen-bond acceptors (Lipinski definition) is 8. The molecule has 1 saturated carbocycles. The highest BCUT2D eigenvalue weighted by atomic mass is 35.5. The summed E-state index contributed by atoms with van der Waals surface area (Å²) in [6.45, 7) is 0. The number of nitro groups is 2. The van der Waals surface area contributed by atoms with E-state index in [1.165, 1.54) is 77.8 Å². The van der Waals surface area contributed by atoms with Crippen molar-refractivity contribution in [2.75, 3.05) is 0 Å². The highest BCUT2D eigenvalue weighted by Crippen LogP contribution is 2.45. The molecule has 1 aliphatic carbocycles. The van der Waals surface area contributed by atoms with E-state index in [9.17, 15) is 33.4 Å². The zero-order chi connectivity index (χ0) is 32.6. The Bertz CT molecular complexity index is 2030. The minimum atomic E-state index is -3.97. The molecule has 1 heterocycles. The van der Waals surface area contributed by atoms with Gasteiger partial charge in [-0.2, -0.15) is 5.10 Å². The largest absolute Gasteiger partial charge is 0.274 e. The summed E-state index contributed by atoms with van der Waals surface area (Å²) in [5.74, 6) is -0.780. The summed E-state index contributed by atoms with van der Waals surface area (Å²) in [6.07, 6.45) is 4.03. The number of rotatable bonds is 7. The molecule has 0 saturated heterocycles. The Hall–Kier alpha value is -5.20. The molecule has 2 atom stereocenters. The molecular weight excluding hydrogens is 632 g/mol. The molecule has 0 bridgehead atoms. The van der Waals surface area contributed by atoms with Gasteiger partial charge in [0.25, 0.3) is 17.3 Å². The molecule has 1 amide bonds. The number of allylic oxidation sites excluding steroid dienone is 1. The number of nitrogens with zero attached hydrogens (tertiary/aromatic N) is 4. The number of non-ortho nitro benzene ring substituents is 2. The second kappa shape index (κ2) is 12.3. The van der Waals surface area contributed by atoms with E-state index in [4.69, 9.17) is 16.7 Å². The van der Waals surface area contributed by atoms with Crippen molar-refractivity contribution in [1.82, 2.24) is 5.01 Å². The normalized spacial score (nSPS) is 18.6. The van der Waals surface area contributed by atoms with E-state index < -0.39 is 31.6 Å². The van der Waals surface area contributed by atoms with Crippen LogP contribution in [0.3, 0.4) is 0 Å². The molecule has 2 aliphatic rings. The molecule has 6 rings (SSSR count). The Morgan fingerprint density at radius 1 is 0.870 bits per heavy atom. The summed E-state index contributed by atoms with van der Waals surface area (Å²) < 4.78 is 26.8. The Morgan fingerprint density at radius 2 is 1.50 bits per heavy atom. The zero-order valence-electron chi connectivity index (χ0n) is 24.0. The maximum absolute atomic E-state index is 14.2. The van der Waals surface area contributed by atoms with Gasteiger partial charge >= 0.3 is 0 Å². The third-order valence-electron chi connectivity index (χ3n) is 8.12. The van der Waals surface area contributed by atoms with E-state index in [1.807, 2.05) is 6.08 Å². The fourth-order valence-electron chi connectivity index (χ4n) is 5.87. The number of hydrazone groups is 1. The standard InChI is InChI=1S/C33H25ClN4O7S/c34-25-11-17-28(18-12-25)46(44,45)29-5-1-4-24(20-29)33(39)36-32(22-9-15-27(16-10-22)38(42)43)30-6-2-3-23(31(30)35-36)19-21-7-13-26(14-8-21)37(40)41/h1,4-5,7-20,30,32H,2-3,6H2/b23-19-/t30-,32-/m0/s1. The van der Waals surface area contributed by atoms with Gasteiger partial charge in [-0.1, -0.05) is 29.8 Å². The number of nitro benzene ring substituents is 2. The van der Waals surface area contributed by atoms with Crippen molar-refractivity contribution in [2.24, 2.45) is 11.0 Å². The van der Waals surface area contributed by atoms with Crippen LogP contribution < -0.4 is 0 Å². The number of amides is 1. The van der Waals surface area contributed by atoms with E-state index in [-0.39, 0.29) is 32.6 Å². The monoisotopic (exact) mass is 656 g/mol. The molecule has 4 aromatic carbocycles. The summed E-state index contributed by atoms with van der Waals surface area (Å²) in [4.78, 5) is 35.6. The van der Waals surface area contributed by atoms with E-state index >= 15 is 0 Å². The fraction of sp³-hybridized carbons (Fsp3) is 0.152. The van der Waals surface area contributed by atoms with E-state index in [0.717, 1.165) is 17.6 Å². The molecule has 13 heteroatoms. The van der Waals surface area contributed by atoms with Crippen LogP contribution in [0.2, 0.25) is 5.02 Å². The van der Waals surface area contributed by atoms with Gasteiger partial charge in [0.15, 0.2) is 0 Å². The SMILES string of the molecule is O=C(c1cccc(S(=O)(=O)c2ccc(Cl)cc2)c1)N1N=C2/C(=C\c3ccc([N+](=O)[O-])cc3)CCC[C@@H]2[C@@H]1c1ccc([N+](=O)[O-])cc1. The summed E-state index contributed by atoms with van der Waals surface area (Å²) in [5.41, 5.74) is 2.90. The molecule has 1 fully saturated rings. The van der Waals surface area contributed by atoms with Crippen molar-refractivity contribution in [2.45, 2.75) is 35.1 Å². The predicted molar refractivity (Wildman–Crippen MR) is 171 cm³/mol. The Morgan fingerprint density at radius 3 is 2.13 bits per heavy atom. The lowest BCUT2D eigenvalue weighted by Gasteiger charge is -2.29. The average molecular weight is 657 g/mol. The lowest BCUT2D eigenvalue weighted by atomic mass is 9.77. The molecule has 1 aliphatic heterocycles. The van der Waals surface area contributed by atoms with Crippen molar-refractivity contribution < 1.29 is 23.1 Å².